The average Bonchev–Trinajstić information content (AvgIpc) is 2.62. The smallest absolute Gasteiger partial charge is 0.254 e. The molecule has 0 spiro atoms. The highest BCUT2D eigenvalue weighted by Crippen LogP contribution is 2.17. The minimum absolute atomic E-state index is 0.0779. The van der Waals surface area contributed by atoms with Gasteiger partial charge >= 0.3 is 0 Å². The van der Waals surface area contributed by atoms with E-state index in [1.54, 1.807) is 38.3 Å². The number of ether oxygens (including phenoxy) is 2. The van der Waals surface area contributed by atoms with E-state index in [-0.39, 0.29) is 24.6 Å². The number of amides is 1. The Hall–Kier alpha value is -2.83. The Bertz CT molecular complexity index is 813. The topological polar surface area (TPSA) is 82.5 Å². The van der Waals surface area contributed by atoms with Crippen molar-refractivity contribution in [2.75, 3.05) is 13.7 Å². The molecule has 0 saturated carbocycles. The van der Waals surface area contributed by atoms with Crippen LogP contribution < -0.4 is 20.3 Å². The average molecular weight is 373 g/mol. The van der Waals surface area contributed by atoms with Gasteiger partial charge in [-0.15, -0.1) is 0 Å². The highest BCUT2D eigenvalue weighted by Gasteiger charge is 2.12. The number of methoxy groups -OCH3 is 1. The van der Waals surface area contributed by atoms with Crippen LogP contribution in [0.15, 0.2) is 35.1 Å². The second kappa shape index (κ2) is 9.75. The van der Waals surface area contributed by atoms with Crippen LogP contribution in [0.25, 0.3) is 0 Å². The van der Waals surface area contributed by atoms with Gasteiger partial charge in [-0.3, -0.25) is 14.2 Å². The molecule has 0 aliphatic carbocycles. The number of aryl methyl sites for hydroxylation is 1. The van der Waals surface area contributed by atoms with E-state index >= 15 is 0 Å². The molecule has 27 heavy (non-hydrogen) atoms. The molecule has 0 radical (unpaired) electrons. The Labute approximate surface area is 159 Å². The lowest BCUT2D eigenvalue weighted by atomic mass is 10.1. The fraction of sp³-hybridized carbons (Fsp3) is 0.450. The lowest BCUT2D eigenvalue weighted by molar-refractivity contribution is -0.121. The molecular formula is C20H27N3O4. The van der Waals surface area contributed by atoms with Crippen molar-refractivity contribution in [1.29, 1.82) is 0 Å². The number of carbonyl (C=O) groups excluding carboxylic acids is 1. The quantitative estimate of drug-likeness (QED) is 0.729. The molecule has 7 nitrogen and oxygen atoms in total. The van der Waals surface area contributed by atoms with Gasteiger partial charge in [0.1, 0.15) is 30.5 Å². The summed E-state index contributed by atoms with van der Waals surface area (Å²) in [5, 5.41) is 2.84. The number of hydrogen-bond donors (Lipinski definition) is 1. The number of nitrogens with one attached hydrogen (secondary N) is 1. The second-order valence-corrected chi connectivity index (χ2v) is 6.73. The lowest BCUT2D eigenvalue weighted by Gasteiger charge is -2.14. The first-order chi connectivity index (χ1) is 12.9. The van der Waals surface area contributed by atoms with Gasteiger partial charge in [0.15, 0.2) is 0 Å². The van der Waals surface area contributed by atoms with Crippen molar-refractivity contribution in [1.82, 2.24) is 14.9 Å². The summed E-state index contributed by atoms with van der Waals surface area (Å²) < 4.78 is 12.2. The first-order valence-corrected chi connectivity index (χ1v) is 9.00. The summed E-state index contributed by atoms with van der Waals surface area (Å²) in [5.41, 5.74) is 0.319. The summed E-state index contributed by atoms with van der Waals surface area (Å²) in [6.07, 6.45) is 0.889. The van der Waals surface area contributed by atoms with E-state index in [2.05, 4.69) is 24.1 Å². The largest absolute Gasteiger partial charge is 0.497 e. The Morgan fingerprint density at radius 2 is 1.89 bits per heavy atom. The molecule has 1 N–H and O–H groups in total. The van der Waals surface area contributed by atoms with E-state index in [1.807, 2.05) is 0 Å². The van der Waals surface area contributed by atoms with Crippen LogP contribution in [0, 0.1) is 12.8 Å². The van der Waals surface area contributed by atoms with Crippen molar-refractivity contribution in [3.63, 3.8) is 0 Å². The third kappa shape index (κ3) is 6.44. The summed E-state index contributed by atoms with van der Waals surface area (Å²) in [6, 6.07) is 8.53. The predicted molar refractivity (Wildman–Crippen MR) is 103 cm³/mol. The maximum Gasteiger partial charge on any atom is 0.254 e. The van der Waals surface area contributed by atoms with E-state index < -0.39 is 0 Å². The van der Waals surface area contributed by atoms with Gasteiger partial charge in [0.05, 0.1) is 7.11 Å². The highest BCUT2D eigenvalue weighted by molar-refractivity contribution is 5.75. The molecule has 146 valence electrons. The molecule has 1 amide bonds. The monoisotopic (exact) mass is 373 g/mol. The number of nitrogens with zero attached hydrogens (tertiary/aromatic N) is 2. The van der Waals surface area contributed by atoms with Gasteiger partial charge in [0.2, 0.25) is 5.91 Å². The molecule has 0 aliphatic rings. The number of rotatable bonds is 9. The van der Waals surface area contributed by atoms with Gasteiger partial charge in [-0.25, -0.2) is 4.98 Å². The van der Waals surface area contributed by atoms with Crippen molar-refractivity contribution >= 4 is 5.91 Å². The summed E-state index contributed by atoms with van der Waals surface area (Å²) in [4.78, 5) is 28.9. The van der Waals surface area contributed by atoms with Gasteiger partial charge < -0.3 is 14.8 Å². The van der Waals surface area contributed by atoms with Crippen LogP contribution in [0.2, 0.25) is 0 Å². The first kappa shape index (κ1) is 20.5. The normalized spacial score (nSPS) is 10.7. The Balaban J connectivity index is 2.08. The molecule has 0 unspecified atom stereocenters. The Morgan fingerprint density at radius 1 is 1.22 bits per heavy atom. The van der Waals surface area contributed by atoms with Crippen LogP contribution >= 0.6 is 0 Å². The van der Waals surface area contributed by atoms with Crippen LogP contribution in [0.3, 0.4) is 0 Å². The Kier molecular flexibility index (Phi) is 7.40. The van der Waals surface area contributed by atoms with Gasteiger partial charge in [-0.1, -0.05) is 13.8 Å². The zero-order valence-corrected chi connectivity index (χ0v) is 16.3. The molecule has 0 aliphatic heterocycles. The molecule has 7 heteroatoms. The van der Waals surface area contributed by atoms with Crippen molar-refractivity contribution in [2.24, 2.45) is 5.92 Å². The SMILES string of the molecule is COc1ccc(OCc2nc(C)cc(=O)n2CC(=O)NCCC(C)C)cc1. The fourth-order valence-electron chi connectivity index (χ4n) is 2.48. The summed E-state index contributed by atoms with van der Waals surface area (Å²) in [7, 11) is 1.59. The number of hydrogen-bond acceptors (Lipinski definition) is 5. The minimum atomic E-state index is -0.269. The Morgan fingerprint density at radius 3 is 2.52 bits per heavy atom. The number of carbonyl (C=O) groups is 1. The van der Waals surface area contributed by atoms with Gasteiger partial charge in [0.25, 0.3) is 5.56 Å². The van der Waals surface area contributed by atoms with Crippen LogP contribution in [0.1, 0.15) is 31.8 Å². The predicted octanol–water partition coefficient (Wildman–Crippen LogP) is 2.30. The second-order valence-electron chi connectivity index (χ2n) is 6.73. The molecule has 2 aromatic rings. The van der Waals surface area contributed by atoms with Gasteiger partial charge in [0, 0.05) is 18.3 Å². The molecule has 0 fully saturated rings. The van der Waals surface area contributed by atoms with E-state index in [4.69, 9.17) is 9.47 Å². The van der Waals surface area contributed by atoms with Crippen LogP contribution in [0.5, 0.6) is 11.5 Å². The van der Waals surface area contributed by atoms with Gasteiger partial charge in [-0.05, 0) is 43.5 Å². The third-order valence-electron chi connectivity index (χ3n) is 3.99. The molecule has 1 aromatic heterocycles. The molecular weight excluding hydrogens is 346 g/mol. The fourth-order valence-corrected chi connectivity index (χ4v) is 2.48. The summed E-state index contributed by atoms with van der Waals surface area (Å²) in [5.74, 6) is 2.05. The summed E-state index contributed by atoms with van der Waals surface area (Å²) >= 11 is 0. The zero-order chi connectivity index (χ0) is 19.8. The minimum Gasteiger partial charge on any atom is -0.497 e. The molecule has 1 heterocycles. The van der Waals surface area contributed by atoms with E-state index in [9.17, 15) is 9.59 Å². The third-order valence-corrected chi connectivity index (χ3v) is 3.99. The maximum atomic E-state index is 12.3. The molecule has 0 atom stereocenters. The summed E-state index contributed by atoms with van der Waals surface area (Å²) in [6.45, 7) is 6.52. The molecule has 2 rings (SSSR count). The van der Waals surface area contributed by atoms with Crippen LogP contribution in [-0.2, 0) is 17.9 Å². The van der Waals surface area contributed by atoms with Crippen molar-refractivity contribution in [2.45, 2.75) is 40.3 Å². The van der Waals surface area contributed by atoms with E-state index in [0.717, 1.165) is 12.2 Å². The molecule has 0 bridgehead atoms. The van der Waals surface area contributed by atoms with E-state index in [0.29, 0.717) is 29.7 Å². The number of aromatic nitrogens is 2. The first-order valence-electron chi connectivity index (χ1n) is 9.00. The van der Waals surface area contributed by atoms with E-state index in [1.165, 1.54) is 10.6 Å². The van der Waals surface area contributed by atoms with Crippen molar-refractivity contribution < 1.29 is 14.3 Å². The lowest BCUT2D eigenvalue weighted by Crippen LogP contribution is -2.35. The zero-order valence-electron chi connectivity index (χ0n) is 16.3. The maximum absolute atomic E-state index is 12.3. The van der Waals surface area contributed by atoms with Crippen molar-refractivity contribution in [3.05, 3.63) is 52.2 Å². The van der Waals surface area contributed by atoms with Crippen LogP contribution in [-0.4, -0.2) is 29.1 Å². The van der Waals surface area contributed by atoms with Crippen LogP contribution in [0.4, 0.5) is 0 Å². The van der Waals surface area contributed by atoms with Crippen molar-refractivity contribution in [3.8, 4) is 11.5 Å². The molecule has 0 saturated heterocycles. The van der Waals surface area contributed by atoms with Gasteiger partial charge in [-0.2, -0.15) is 0 Å². The molecule has 1 aromatic carbocycles. The highest BCUT2D eigenvalue weighted by atomic mass is 16.5. The standard InChI is InChI=1S/C20H27N3O4/c1-14(2)9-10-21-19(24)12-23-18(22-15(3)11-20(23)25)13-27-17-7-5-16(26-4)6-8-17/h5-8,11,14H,9-10,12-13H2,1-4H3,(H,21,24). The number of benzene rings is 1.